The number of fused-ring (bicyclic) bond motifs is 1. The molecule has 0 aliphatic carbocycles. The molecule has 0 spiro atoms. The molecule has 2 rings (SSSR count). The zero-order valence-electron chi connectivity index (χ0n) is 11.4. The molecule has 2 aromatic rings. The molecular formula is C13H16N2O2. The van der Waals surface area contributed by atoms with Crippen LogP contribution in [0.5, 0.6) is 0 Å². The number of carbonyl (C=O) groups excluding carboxylic acids is 1. The fourth-order valence-electron chi connectivity index (χ4n) is 1.61. The van der Waals surface area contributed by atoms with Crippen molar-refractivity contribution in [2.75, 3.05) is 0 Å². The third-order valence-electron chi connectivity index (χ3n) is 2.30. The van der Waals surface area contributed by atoms with Crippen LogP contribution in [0.25, 0.3) is 11.0 Å². The van der Waals surface area contributed by atoms with Gasteiger partial charge in [-0.05, 0) is 45.4 Å². The number of pyridine rings is 1. The maximum atomic E-state index is 12.0. The van der Waals surface area contributed by atoms with Gasteiger partial charge in [-0.25, -0.2) is 14.3 Å². The molecule has 0 bridgehead atoms. The molecule has 2 heterocycles. The van der Waals surface area contributed by atoms with Crippen LogP contribution in [-0.2, 0) is 4.74 Å². The van der Waals surface area contributed by atoms with Crippen molar-refractivity contribution < 1.29 is 10.9 Å². The van der Waals surface area contributed by atoms with Crippen LogP contribution in [0.1, 0.15) is 27.7 Å². The van der Waals surface area contributed by atoms with Crippen molar-refractivity contribution in [1.29, 1.82) is 0 Å². The van der Waals surface area contributed by atoms with Gasteiger partial charge in [-0.1, -0.05) is 0 Å². The van der Waals surface area contributed by atoms with Crippen LogP contribution in [0.2, 0.25) is 0 Å². The van der Waals surface area contributed by atoms with E-state index in [4.69, 9.17) is 6.11 Å². The molecule has 17 heavy (non-hydrogen) atoms. The van der Waals surface area contributed by atoms with Gasteiger partial charge in [-0.15, -0.1) is 0 Å². The number of hydrogen-bond donors (Lipinski definition) is 0. The summed E-state index contributed by atoms with van der Waals surface area (Å²) in [5.74, 6) is 0. The summed E-state index contributed by atoms with van der Waals surface area (Å²) in [6.45, 7) is 7.33. The first-order chi connectivity index (χ1) is 8.28. The van der Waals surface area contributed by atoms with Gasteiger partial charge < -0.3 is 4.74 Å². The minimum atomic E-state index is -0.545. The summed E-state index contributed by atoms with van der Waals surface area (Å²) in [6.07, 6.45) is 2.65. The quantitative estimate of drug-likeness (QED) is 0.702. The largest absolute Gasteiger partial charge is 0.443 e. The fourth-order valence-corrected chi connectivity index (χ4v) is 1.61. The van der Waals surface area contributed by atoms with E-state index >= 15 is 0 Å². The van der Waals surface area contributed by atoms with Crippen molar-refractivity contribution in [3.63, 3.8) is 0 Å². The van der Waals surface area contributed by atoms with Gasteiger partial charge in [-0.2, -0.15) is 0 Å². The van der Waals surface area contributed by atoms with Gasteiger partial charge in [-0.3, -0.25) is 0 Å². The Hall–Kier alpha value is -1.84. The Balaban J connectivity index is 2.49. The van der Waals surface area contributed by atoms with Crippen LogP contribution in [0.3, 0.4) is 0 Å². The molecule has 2 aromatic heterocycles. The van der Waals surface area contributed by atoms with Crippen molar-refractivity contribution in [1.82, 2.24) is 9.55 Å². The van der Waals surface area contributed by atoms with E-state index in [9.17, 15) is 4.79 Å². The second-order valence-corrected chi connectivity index (χ2v) is 4.97. The number of ether oxygens (including phenoxy) is 1. The van der Waals surface area contributed by atoms with Crippen molar-refractivity contribution in [2.24, 2.45) is 0 Å². The Morgan fingerprint density at radius 3 is 2.88 bits per heavy atom. The first kappa shape index (κ1) is 10.3. The fraction of sp³-hybridized carbons (Fsp3) is 0.385. The van der Waals surface area contributed by atoms with Crippen LogP contribution in [-0.4, -0.2) is 21.2 Å². The third-order valence-corrected chi connectivity index (χ3v) is 2.30. The normalized spacial score (nSPS) is 12.6. The topological polar surface area (TPSA) is 44.1 Å². The van der Waals surface area contributed by atoms with Gasteiger partial charge in [0.25, 0.3) is 0 Å². The number of rotatable bonds is 0. The zero-order chi connectivity index (χ0) is 13.5. The molecule has 0 saturated carbocycles. The molecule has 4 nitrogen and oxygen atoms in total. The summed E-state index contributed by atoms with van der Waals surface area (Å²) < 4.78 is 14.2. The minimum absolute atomic E-state index is 0.326. The van der Waals surface area contributed by atoms with Crippen LogP contribution < -0.4 is 0 Å². The SMILES string of the molecule is [2H]c1cnc2c(c1)c(C)cn2C(=O)OC(C)(C)C. The molecule has 0 unspecified atom stereocenters. The lowest BCUT2D eigenvalue weighted by Gasteiger charge is -2.19. The first-order valence-corrected chi connectivity index (χ1v) is 5.45. The van der Waals surface area contributed by atoms with E-state index in [0.717, 1.165) is 10.9 Å². The average Bonchev–Trinajstić information content (AvgIpc) is 2.54. The molecule has 0 aliphatic rings. The summed E-state index contributed by atoms with van der Waals surface area (Å²) in [5, 5.41) is 0.799. The van der Waals surface area contributed by atoms with E-state index in [2.05, 4.69) is 4.98 Å². The molecule has 0 aromatic carbocycles. The third kappa shape index (κ3) is 2.30. The maximum absolute atomic E-state index is 12.0. The summed E-state index contributed by atoms with van der Waals surface area (Å²) in [7, 11) is 0. The molecule has 0 amide bonds. The molecule has 0 N–H and O–H groups in total. The molecule has 0 saturated heterocycles. The zero-order valence-corrected chi connectivity index (χ0v) is 10.4. The molecule has 90 valence electrons. The van der Waals surface area contributed by atoms with E-state index in [1.807, 2.05) is 27.7 Å². The molecule has 0 atom stereocenters. The second kappa shape index (κ2) is 3.87. The predicted molar refractivity (Wildman–Crippen MR) is 66.1 cm³/mol. The number of hydrogen-bond acceptors (Lipinski definition) is 3. The van der Waals surface area contributed by atoms with Crippen molar-refractivity contribution >= 4 is 17.1 Å². The molecule has 0 radical (unpaired) electrons. The van der Waals surface area contributed by atoms with Gasteiger partial charge in [0.2, 0.25) is 0 Å². The van der Waals surface area contributed by atoms with E-state index in [1.165, 1.54) is 10.8 Å². The summed E-state index contributed by atoms with van der Waals surface area (Å²) in [6, 6.07) is 2.02. The van der Waals surface area contributed by atoms with Gasteiger partial charge >= 0.3 is 6.09 Å². The number of aryl methyl sites for hydroxylation is 1. The lowest BCUT2D eigenvalue weighted by Crippen LogP contribution is -2.26. The number of nitrogens with zero attached hydrogens (tertiary/aromatic N) is 2. The minimum Gasteiger partial charge on any atom is -0.443 e. The monoisotopic (exact) mass is 233 g/mol. The highest BCUT2D eigenvalue weighted by molar-refractivity contribution is 5.89. The predicted octanol–water partition coefficient (Wildman–Crippen LogP) is 3.13. The van der Waals surface area contributed by atoms with Crippen molar-refractivity contribution in [3.05, 3.63) is 30.1 Å². The maximum Gasteiger partial charge on any atom is 0.420 e. The molecule has 0 fully saturated rings. The Kier molecular flexibility index (Phi) is 2.35. The Morgan fingerprint density at radius 2 is 2.24 bits per heavy atom. The van der Waals surface area contributed by atoms with Crippen LogP contribution in [0.15, 0.2) is 24.5 Å². The van der Waals surface area contributed by atoms with Crippen molar-refractivity contribution in [2.45, 2.75) is 33.3 Å². The number of aromatic nitrogens is 2. The van der Waals surface area contributed by atoms with Gasteiger partial charge in [0, 0.05) is 17.8 Å². The highest BCUT2D eigenvalue weighted by Gasteiger charge is 2.20. The molecular weight excluding hydrogens is 216 g/mol. The van der Waals surface area contributed by atoms with Gasteiger partial charge in [0.05, 0.1) is 1.37 Å². The molecule has 0 aliphatic heterocycles. The highest BCUT2D eigenvalue weighted by atomic mass is 16.6. The number of carbonyl (C=O) groups is 1. The molecule has 4 heteroatoms. The standard InChI is InChI=1S/C13H16N2O2/c1-9-8-15(12(16)17-13(2,3)4)11-10(9)6-5-7-14-11/h5-8H,1-4H3/i5D. The summed E-state index contributed by atoms with van der Waals surface area (Å²) in [5.41, 5.74) is 0.881. The van der Waals surface area contributed by atoms with E-state index in [-0.39, 0.29) is 0 Å². The first-order valence-electron chi connectivity index (χ1n) is 5.95. The smallest absolute Gasteiger partial charge is 0.420 e. The Morgan fingerprint density at radius 1 is 1.53 bits per heavy atom. The second-order valence-electron chi connectivity index (χ2n) is 4.97. The summed E-state index contributed by atoms with van der Waals surface area (Å²) >= 11 is 0. The van der Waals surface area contributed by atoms with Gasteiger partial charge in [0.1, 0.15) is 11.2 Å². The van der Waals surface area contributed by atoms with E-state index < -0.39 is 11.7 Å². The lowest BCUT2D eigenvalue weighted by atomic mass is 10.2. The van der Waals surface area contributed by atoms with Crippen molar-refractivity contribution in [3.8, 4) is 0 Å². The van der Waals surface area contributed by atoms with Crippen LogP contribution >= 0.6 is 0 Å². The van der Waals surface area contributed by atoms with E-state index in [1.54, 1.807) is 12.3 Å². The Labute approximate surface area is 102 Å². The Bertz CT molecular complexity index is 611. The average molecular weight is 233 g/mol. The van der Waals surface area contributed by atoms with Crippen LogP contribution in [0.4, 0.5) is 4.79 Å². The highest BCUT2D eigenvalue weighted by Crippen LogP contribution is 2.19. The van der Waals surface area contributed by atoms with Gasteiger partial charge in [0.15, 0.2) is 0 Å². The van der Waals surface area contributed by atoms with Crippen LogP contribution in [0, 0.1) is 6.92 Å². The summed E-state index contributed by atoms with van der Waals surface area (Å²) in [4.78, 5) is 16.2. The van der Waals surface area contributed by atoms with E-state index in [0.29, 0.717) is 11.7 Å². The lowest BCUT2D eigenvalue weighted by molar-refractivity contribution is 0.0543.